The number of Topliss-reactive ketones (excluding diaryl/α,β-unsaturated/α-hetero) is 1. The van der Waals surface area contributed by atoms with Crippen LogP contribution in [0.25, 0.3) is 5.57 Å². The maximum Gasteiger partial charge on any atom is 0.336 e. The molecule has 136 valence electrons. The summed E-state index contributed by atoms with van der Waals surface area (Å²) in [6.07, 6.45) is 1.77. The van der Waals surface area contributed by atoms with Gasteiger partial charge in [0.1, 0.15) is 0 Å². The van der Waals surface area contributed by atoms with Gasteiger partial charge in [-0.15, -0.1) is 0 Å². The highest BCUT2D eigenvalue weighted by molar-refractivity contribution is 6.19. The van der Waals surface area contributed by atoms with E-state index in [4.69, 9.17) is 10.5 Å². The van der Waals surface area contributed by atoms with Gasteiger partial charge >= 0.3 is 5.97 Å². The normalized spacial score (nSPS) is 23.6. The number of carbonyl (C=O) groups is 2. The fourth-order valence-electron chi connectivity index (χ4n) is 4.39. The standard InChI is InChI=1S/C23H21NO3/c1-3-27-22(26)19-18(24)13-17-15-11-7-8-12-16(15)21(25)23(17,2)20(19)14-9-5-4-6-10-14/h4-13,20H,3,24H2,1-2H3. The highest BCUT2D eigenvalue weighted by atomic mass is 16.5. The highest BCUT2D eigenvalue weighted by Crippen LogP contribution is 2.59. The van der Waals surface area contributed by atoms with Gasteiger partial charge in [0.15, 0.2) is 5.78 Å². The van der Waals surface area contributed by atoms with Crippen LogP contribution in [0.2, 0.25) is 0 Å². The van der Waals surface area contributed by atoms with Crippen LogP contribution in [-0.4, -0.2) is 18.4 Å². The molecule has 2 unspecified atom stereocenters. The second-order valence-corrected chi connectivity index (χ2v) is 7.07. The van der Waals surface area contributed by atoms with E-state index in [0.717, 1.165) is 16.7 Å². The first-order valence-corrected chi connectivity index (χ1v) is 9.08. The zero-order valence-electron chi connectivity index (χ0n) is 15.4. The van der Waals surface area contributed by atoms with Crippen LogP contribution in [0.3, 0.4) is 0 Å². The molecule has 4 rings (SSSR count). The number of esters is 1. The second kappa shape index (κ2) is 6.23. The van der Waals surface area contributed by atoms with Crippen molar-refractivity contribution in [3.63, 3.8) is 0 Å². The van der Waals surface area contributed by atoms with Crippen molar-refractivity contribution in [3.8, 4) is 0 Å². The summed E-state index contributed by atoms with van der Waals surface area (Å²) in [5.41, 5.74) is 9.45. The summed E-state index contributed by atoms with van der Waals surface area (Å²) in [6, 6.07) is 17.1. The van der Waals surface area contributed by atoms with E-state index in [1.165, 1.54) is 0 Å². The molecular formula is C23H21NO3. The van der Waals surface area contributed by atoms with Gasteiger partial charge < -0.3 is 10.5 Å². The van der Waals surface area contributed by atoms with Crippen molar-refractivity contribution in [2.75, 3.05) is 6.61 Å². The van der Waals surface area contributed by atoms with E-state index in [9.17, 15) is 9.59 Å². The lowest BCUT2D eigenvalue weighted by atomic mass is 9.62. The molecular weight excluding hydrogens is 338 g/mol. The number of carbonyl (C=O) groups excluding carboxylic acids is 2. The topological polar surface area (TPSA) is 69.4 Å². The monoisotopic (exact) mass is 359 g/mol. The van der Waals surface area contributed by atoms with E-state index in [1.54, 1.807) is 13.0 Å². The number of benzene rings is 2. The van der Waals surface area contributed by atoms with Crippen molar-refractivity contribution >= 4 is 17.3 Å². The summed E-state index contributed by atoms with van der Waals surface area (Å²) in [5.74, 6) is -0.964. The fourth-order valence-corrected chi connectivity index (χ4v) is 4.39. The largest absolute Gasteiger partial charge is 0.463 e. The number of rotatable bonds is 3. The van der Waals surface area contributed by atoms with Gasteiger partial charge in [-0.1, -0.05) is 54.6 Å². The van der Waals surface area contributed by atoms with Gasteiger partial charge in [0.25, 0.3) is 0 Å². The Balaban J connectivity index is 2.01. The summed E-state index contributed by atoms with van der Waals surface area (Å²) >= 11 is 0. The summed E-state index contributed by atoms with van der Waals surface area (Å²) in [7, 11) is 0. The molecule has 0 radical (unpaired) electrons. The van der Waals surface area contributed by atoms with Crippen molar-refractivity contribution in [1.82, 2.24) is 0 Å². The van der Waals surface area contributed by atoms with E-state index in [-0.39, 0.29) is 12.4 Å². The number of nitrogens with two attached hydrogens (primary N) is 1. The molecule has 2 aromatic carbocycles. The van der Waals surface area contributed by atoms with Gasteiger partial charge in [-0.2, -0.15) is 0 Å². The molecule has 0 amide bonds. The molecule has 4 nitrogen and oxygen atoms in total. The molecule has 0 bridgehead atoms. The lowest BCUT2D eigenvalue weighted by Crippen LogP contribution is -2.38. The van der Waals surface area contributed by atoms with E-state index in [2.05, 4.69) is 0 Å². The summed E-state index contributed by atoms with van der Waals surface area (Å²) in [4.78, 5) is 26.3. The van der Waals surface area contributed by atoms with E-state index < -0.39 is 17.3 Å². The Kier molecular flexibility index (Phi) is 3.99. The predicted molar refractivity (Wildman–Crippen MR) is 104 cm³/mol. The third-order valence-electron chi connectivity index (χ3n) is 5.60. The van der Waals surface area contributed by atoms with Gasteiger partial charge in [0.05, 0.1) is 17.6 Å². The maximum atomic E-state index is 13.5. The third kappa shape index (κ3) is 2.36. The fraction of sp³-hybridized carbons (Fsp3) is 0.217. The van der Waals surface area contributed by atoms with Crippen LogP contribution >= 0.6 is 0 Å². The molecule has 0 fully saturated rings. The van der Waals surface area contributed by atoms with Crippen molar-refractivity contribution < 1.29 is 14.3 Å². The maximum absolute atomic E-state index is 13.5. The Morgan fingerprint density at radius 1 is 1.07 bits per heavy atom. The average molecular weight is 359 g/mol. The van der Waals surface area contributed by atoms with Gasteiger partial charge in [-0.05, 0) is 36.6 Å². The Hall–Kier alpha value is -3.14. The van der Waals surface area contributed by atoms with Crippen molar-refractivity contribution in [2.45, 2.75) is 19.8 Å². The van der Waals surface area contributed by atoms with E-state index in [0.29, 0.717) is 16.8 Å². The first-order chi connectivity index (χ1) is 13.0. The minimum Gasteiger partial charge on any atom is -0.463 e. The minimum absolute atomic E-state index is 0.00695. The molecule has 4 heteroatoms. The molecule has 2 atom stereocenters. The zero-order valence-corrected chi connectivity index (χ0v) is 15.4. The predicted octanol–water partition coefficient (Wildman–Crippen LogP) is 3.85. The summed E-state index contributed by atoms with van der Waals surface area (Å²) < 4.78 is 5.29. The molecule has 2 aromatic rings. The van der Waals surface area contributed by atoms with E-state index >= 15 is 0 Å². The third-order valence-corrected chi connectivity index (χ3v) is 5.60. The molecule has 2 aliphatic carbocycles. The van der Waals surface area contributed by atoms with Crippen LogP contribution in [0, 0.1) is 5.41 Å². The van der Waals surface area contributed by atoms with Gasteiger partial charge in [0.2, 0.25) is 0 Å². The molecule has 0 saturated heterocycles. The van der Waals surface area contributed by atoms with Crippen LogP contribution in [0.1, 0.15) is 41.3 Å². The lowest BCUT2D eigenvalue weighted by Gasteiger charge is -2.39. The first kappa shape index (κ1) is 17.3. The number of ether oxygens (including phenoxy) is 1. The van der Waals surface area contributed by atoms with Gasteiger partial charge in [-0.25, -0.2) is 4.79 Å². The smallest absolute Gasteiger partial charge is 0.336 e. The quantitative estimate of drug-likeness (QED) is 0.845. The number of hydrogen-bond acceptors (Lipinski definition) is 4. The molecule has 0 saturated carbocycles. The number of fused-ring (bicyclic) bond motifs is 3. The van der Waals surface area contributed by atoms with Crippen molar-refractivity contribution in [1.29, 1.82) is 0 Å². The Labute approximate surface area is 158 Å². The second-order valence-electron chi connectivity index (χ2n) is 7.07. The first-order valence-electron chi connectivity index (χ1n) is 9.08. The molecule has 27 heavy (non-hydrogen) atoms. The van der Waals surface area contributed by atoms with Gasteiger partial charge in [0, 0.05) is 17.2 Å². The molecule has 2 aliphatic rings. The molecule has 0 aromatic heterocycles. The number of hydrogen-bond donors (Lipinski definition) is 1. The van der Waals surface area contributed by atoms with Crippen LogP contribution in [0.15, 0.2) is 71.9 Å². The Bertz CT molecular complexity index is 1000. The lowest BCUT2D eigenvalue weighted by molar-refractivity contribution is -0.139. The molecule has 0 aliphatic heterocycles. The number of allylic oxidation sites excluding steroid dienone is 2. The van der Waals surface area contributed by atoms with Gasteiger partial charge in [-0.3, -0.25) is 4.79 Å². The van der Waals surface area contributed by atoms with Crippen molar-refractivity contribution in [2.24, 2.45) is 11.1 Å². The molecule has 0 heterocycles. The Morgan fingerprint density at radius 2 is 1.70 bits per heavy atom. The van der Waals surface area contributed by atoms with E-state index in [1.807, 2.05) is 61.5 Å². The molecule has 2 N–H and O–H groups in total. The van der Waals surface area contributed by atoms with Crippen molar-refractivity contribution in [3.05, 3.63) is 88.6 Å². The summed E-state index contributed by atoms with van der Waals surface area (Å²) in [6.45, 7) is 3.91. The summed E-state index contributed by atoms with van der Waals surface area (Å²) in [5, 5.41) is 0. The van der Waals surface area contributed by atoms with Crippen LogP contribution in [0.5, 0.6) is 0 Å². The highest BCUT2D eigenvalue weighted by Gasteiger charge is 2.55. The number of ketones is 1. The van der Waals surface area contributed by atoms with Crippen LogP contribution < -0.4 is 5.73 Å². The minimum atomic E-state index is -0.907. The Morgan fingerprint density at radius 3 is 2.37 bits per heavy atom. The SMILES string of the molecule is CCOC(=O)C1=C(N)C=C2c3ccccc3C(=O)C2(C)C1c1ccccc1. The van der Waals surface area contributed by atoms with Crippen LogP contribution in [-0.2, 0) is 9.53 Å². The zero-order chi connectivity index (χ0) is 19.2. The average Bonchev–Trinajstić information content (AvgIpc) is 2.90. The molecule has 0 spiro atoms. The van der Waals surface area contributed by atoms with Crippen LogP contribution in [0.4, 0.5) is 0 Å².